The molecule has 0 saturated carbocycles. The fourth-order valence-corrected chi connectivity index (χ4v) is 4.42. The first-order valence-electron chi connectivity index (χ1n) is 12.0. The van der Waals surface area contributed by atoms with Crippen molar-refractivity contribution >= 4 is 16.9 Å². The first-order chi connectivity index (χ1) is 16.4. The van der Waals surface area contributed by atoms with Crippen LogP contribution in [-0.2, 0) is 26.1 Å². The van der Waals surface area contributed by atoms with Crippen LogP contribution in [0.4, 0.5) is 0 Å². The lowest BCUT2D eigenvalue weighted by atomic mass is 10.1. The number of rotatable bonds is 9. The van der Waals surface area contributed by atoms with Gasteiger partial charge in [0.15, 0.2) is 11.2 Å². The Kier molecular flexibility index (Phi) is 6.72. The van der Waals surface area contributed by atoms with E-state index in [4.69, 9.17) is 0 Å². The summed E-state index contributed by atoms with van der Waals surface area (Å²) >= 11 is 0. The molecule has 3 aromatic heterocycles. The number of hydrogen-bond acceptors (Lipinski definition) is 5. The summed E-state index contributed by atoms with van der Waals surface area (Å²) < 4.78 is 5.53. The summed E-state index contributed by atoms with van der Waals surface area (Å²) in [4.78, 5) is 44.8. The van der Waals surface area contributed by atoms with Crippen molar-refractivity contribution in [2.75, 3.05) is 0 Å². The highest BCUT2D eigenvalue weighted by Gasteiger charge is 2.25. The van der Waals surface area contributed by atoms with Crippen LogP contribution in [0.3, 0.4) is 0 Å². The van der Waals surface area contributed by atoms with E-state index in [9.17, 15) is 19.5 Å². The maximum absolute atomic E-state index is 13.5. The molecule has 0 spiro atoms. The normalized spacial score (nSPS) is 11.6. The third-order valence-electron chi connectivity index (χ3n) is 6.09. The molecule has 0 fully saturated rings. The van der Waals surface area contributed by atoms with Gasteiger partial charge >= 0.3 is 5.69 Å². The molecule has 0 unspecified atom stereocenters. The molecule has 0 aliphatic rings. The van der Waals surface area contributed by atoms with Crippen LogP contribution in [0.2, 0.25) is 0 Å². The van der Waals surface area contributed by atoms with E-state index in [1.54, 1.807) is 0 Å². The average molecular weight is 466 g/mol. The molecular formula is C25H31N5O4. The summed E-state index contributed by atoms with van der Waals surface area (Å²) in [7, 11) is 0. The van der Waals surface area contributed by atoms with Crippen LogP contribution in [0, 0.1) is 0 Å². The Labute approximate surface area is 196 Å². The minimum atomic E-state index is -0.511. The number of fused-ring (bicyclic) bond motifs is 3. The molecule has 0 radical (unpaired) electrons. The van der Waals surface area contributed by atoms with Gasteiger partial charge in [0.25, 0.3) is 11.1 Å². The molecular weight excluding hydrogens is 434 g/mol. The van der Waals surface area contributed by atoms with Crippen LogP contribution in [0.15, 0.2) is 44.7 Å². The Hall–Kier alpha value is -3.62. The molecule has 34 heavy (non-hydrogen) atoms. The van der Waals surface area contributed by atoms with E-state index in [0.29, 0.717) is 32.2 Å². The van der Waals surface area contributed by atoms with Gasteiger partial charge in [0.05, 0.1) is 12.1 Å². The molecule has 4 aromatic rings. The van der Waals surface area contributed by atoms with Gasteiger partial charge < -0.3 is 5.11 Å². The second-order valence-electron chi connectivity index (χ2n) is 8.59. The summed E-state index contributed by atoms with van der Waals surface area (Å²) in [6.07, 6.45) is 3.21. The van der Waals surface area contributed by atoms with Crippen LogP contribution < -0.4 is 16.8 Å². The first-order valence-corrected chi connectivity index (χ1v) is 12.0. The average Bonchev–Trinajstić information content (AvgIpc) is 3.23. The number of imidazole rings is 1. The van der Waals surface area contributed by atoms with Gasteiger partial charge in [-0.1, -0.05) is 57.5 Å². The van der Waals surface area contributed by atoms with Crippen molar-refractivity contribution in [1.29, 1.82) is 0 Å². The molecule has 3 heterocycles. The summed E-state index contributed by atoms with van der Waals surface area (Å²) in [5, 5.41) is 11.2. The van der Waals surface area contributed by atoms with Crippen molar-refractivity contribution in [2.45, 2.75) is 72.5 Å². The highest BCUT2D eigenvalue weighted by Crippen LogP contribution is 2.23. The number of unbranched alkanes of at least 4 members (excludes halogenated alkanes) is 1. The minimum absolute atomic E-state index is 0.119. The number of aryl methyl sites for hydroxylation is 1. The SMILES string of the molecule is CCCCc1c(O)n2c3c(=O)n(CCC)c(=O)n(CCC)c3nc2n(Cc2ccccc2)c1=O. The van der Waals surface area contributed by atoms with Gasteiger partial charge in [0.1, 0.15) is 0 Å². The molecule has 0 aliphatic heterocycles. The van der Waals surface area contributed by atoms with Crippen LogP contribution in [0.25, 0.3) is 16.9 Å². The largest absolute Gasteiger partial charge is 0.494 e. The molecule has 0 atom stereocenters. The number of hydrogen-bond donors (Lipinski definition) is 1. The second-order valence-corrected chi connectivity index (χ2v) is 8.59. The molecule has 9 heteroatoms. The molecule has 1 N–H and O–H groups in total. The van der Waals surface area contributed by atoms with E-state index < -0.39 is 11.2 Å². The monoisotopic (exact) mass is 465 g/mol. The zero-order chi connectivity index (χ0) is 24.4. The topological polar surface area (TPSA) is 104 Å². The highest BCUT2D eigenvalue weighted by atomic mass is 16.3. The van der Waals surface area contributed by atoms with Crippen molar-refractivity contribution in [3.8, 4) is 5.88 Å². The van der Waals surface area contributed by atoms with Crippen LogP contribution in [-0.4, -0.2) is 28.2 Å². The van der Waals surface area contributed by atoms with E-state index in [0.717, 1.165) is 12.0 Å². The molecule has 1 aromatic carbocycles. The maximum atomic E-state index is 13.5. The van der Waals surface area contributed by atoms with E-state index in [2.05, 4.69) is 4.98 Å². The predicted octanol–water partition coefficient (Wildman–Crippen LogP) is 2.89. The van der Waals surface area contributed by atoms with Crippen molar-refractivity contribution in [3.63, 3.8) is 0 Å². The van der Waals surface area contributed by atoms with E-state index >= 15 is 0 Å². The maximum Gasteiger partial charge on any atom is 0.332 e. The van der Waals surface area contributed by atoms with Gasteiger partial charge in [-0.05, 0) is 31.2 Å². The number of nitrogens with zero attached hydrogens (tertiary/aromatic N) is 5. The summed E-state index contributed by atoms with van der Waals surface area (Å²) in [5.41, 5.74) is 0.174. The fraction of sp³-hybridized carbons (Fsp3) is 0.440. The molecule has 0 bridgehead atoms. The Morgan fingerprint density at radius 3 is 2.18 bits per heavy atom. The Morgan fingerprint density at radius 1 is 0.853 bits per heavy atom. The van der Waals surface area contributed by atoms with E-state index in [1.165, 1.54) is 18.1 Å². The molecule has 180 valence electrons. The Morgan fingerprint density at radius 2 is 1.53 bits per heavy atom. The van der Waals surface area contributed by atoms with Gasteiger partial charge in [0, 0.05) is 13.1 Å². The van der Waals surface area contributed by atoms with Crippen molar-refractivity contribution in [2.24, 2.45) is 0 Å². The number of aromatic nitrogens is 5. The third-order valence-corrected chi connectivity index (χ3v) is 6.09. The van der Waals surface area contributed by atoms with E-state index in [-0.39, 0.29) is 47.0 Å². The summed E-state index contributed by atoms with van der Waals surface area (Å²) in [5.74, 6) is -0.126. The first kappa shape index (κ1) is 23.5. The molecule has 0 amide bonds. The second kappa shape index (κ2) is 9.70. The Balaban J connectivity index is 2.18. The van der Waals surface area contributed by atoms with Crippen LogP contribution in [0.1, 0.15) is 57.6 Å². The van der Waals surface area contributed by atoms with Gasteiger partial charge in [-0.2, -0.15) is 4.98 Å². The fourth-order valence-electron chi connectivity index (χ4n) is 4.42. The van der Waals surface area contributed by atoms with E-state index in [1.807, 2.05) is 51.1 Å². The van der Waals surface area contributed by atoms with Crippen molar-refractivity contribution in [1.82, 2.24) is 23.1 Å². The summed E-state index contributed by atoms with van der Waals surface area (Å²) in [6.45, 7) is 6.71. The molecule has 4 rings (SSSR count). The van der Waals surface area contributed by atoms with Crippen molar-refractivity contribution < 1.29 is 5.11 Å². The molecule has 0 saturated heterocycles. The number of aromatic hydroxyl groups is 1. The lowest BCUT2D eigenvalue weighted by Crippen LogP contribution is -2.40. The quantitative estimate of drug-likeness (QED) is 0.409. The third kappa shape index (κ3) is 3.85. The lowest BCUT2D eigenvalue weighted by Gasteiger charge is -2.13. The zero-order valence-corrected chi connectivity index (χ0v) is 20.0. The van der Waals surface area contributed by atoms with Crippen LogP contribution in [0.5, 0.6) is 5.88 Å². The van der Waals surface area contributed by atoms with Crippen molar-refractivity contribution in [3.05, 3.63) is 72.7 Å². The molecule has 9 nitrogen and oxygen atoms in total. The smallest absolute Gasteiger partial charge is 0.332 e. The molecule has 0 aliphatic carbocycles. The highest BCUT2D eigenvalue weighted by molar-refractivity contribution is 5.76. The van der Waals surface area contributed by atoms with Gasteiger partial charge in [-0.3, -0.25) is 23.3 Å². The Bertz CT molecular complexity index is 1510. The van der Waals surface area contributed by atoms with Gasteiger partial charge in [0.2, 0.25) is 11.7 Å². The van der Waals surface area contributed by atoms with Gasteiger partial charge in [-0.25, -0.2) is 9.20 Å². The minimum Gasteiger partial charge on any atom is -0.494 e. The predicted molar refractivity (Wildman–Crippen MR) is 132 cm³/mol. The summed E-state index contributed by atoms with van der Waals surface area (Å²) in [6, 6.07) is 9.49. The standard InChI is InChI=1S/C25H31N5O4/c1-4-7-13-18-21(31)29(16-17-11-9-8-10-12-17)24-26-20-19(30(24)22(18)32)23(33)28(15-6-3)25(34)27(20)14-5-2/h8-12,32H,4-7,13-16H2,1-3H3. The lowest BCUT2D eigenvalue weighted by molar-refractivity contribution is 0.432. The number of benzene rings is 1. The van der Waals surface area contributed by atoms with Crippen LogP contribution >= 0.6 is 0 Å². The van der Waals surface area contributed by atoms with Gasteiger partial charge in [-0.15, -0.1) is 0 Å². The zero-order valence-electron chi connectivity index (χ0n) is 20.0.